The van der Waals surface area contributed by atoms with Crippen LogP contribution in [0, 0.1) is 17.1 Å². The molecule has 0 atom stereocenters. The maximum absolute atomic E-state index is 14.2. The maximum atomic E-state index is 14.2. The molecule has 0 N–H and O–H groups in total. The second-order valence-corrected chi connectivity index (χ2v) is 8.63. The van der Waals surface area contributed by atoms with Crippen LogP contribution in [0.5, 0.6) is 0 Å². The lowest BCUT2D eigenvalue weighted by atomic mass is 9.98. The van der Waals surface area contributed by atoms with Crippen molar-refractivity contribution in [2.24, 2.45) is 0 Å². The molecule has 3 rings (SSSR count). The lowest BCUT2D eigenvalue weighted by Crippen LogP contribution is -2.47. The van der Waals surface area contributed by atoms with E-state index in [0.717, 1.165) is 24.1 Å². The maximum Gasteiger partial charge on any atom is 0.410 e. The van der Waals surface area contributed by atoms with Crippen molar-refractivity contribution in [3.63, 3.8) is 0 Å². The van der Waals surface area contributed by atoms with Gasteiger partial charge in [0.1, 0.15) is 17.5 Å². The first kappa shape index (κ1) is 21.6. The summed E-state index contributed by atoms with van der Waals surface area (Å²) in [5.41, 5.74) is 2.10. The molecule has 6 heteroatoms. The molecule has 2 aromatic carbocycles. The molecule has 1 aliphatic rings. The Morgan fingerprint density at radius 2 is 1.87 bits per heavy atom. The van der Waals surface area contributed by atoms with Crippen molar-refractivity contribution in [1.29, 1.82) is 5.26 Å². The van der Waals surface area contributed by atoms with Crippen LogP contribution < -0.4 is 4.90 Å². The van der Waals surface area contributed by atoms with Gasteiger partial charge in [0.05, 0.1) is 11.3 Å². The van der Waals surface area contributed by atoms with Crippen LogP contribution in [0.2, 0.25) is 0 Å². The summed E-state index contributed by atoms with van der Waals surface area (Å²) in [4.78, 5) is 16.2. The molecular weight excluding hydrogens is 381 g/mol. The van der Waals surface area contributed by atoms with E-state index in [0.29, 0.717) is 24.2 Å². The summed E-state index contributed by atoms with van der Waals surface area (Å²) in [6, 6.07) is 14.4. The zero-order valence-electron chi connectivity index (χ0n) is 18.0. The molecule has 0 radical (unpaired) electrons. The van der Waals surface area contributed by atoms with Crippen LogP contribution in [0.25, 0.3) is 11.1 Å². The molecule has 0 aromatic heterocycles. The molecule has 5 nitrogen and oxygen atoms in total. The van der Waals surface area contributed by atoms with Gasteiger partial charge in [-0.2, -0.15) is 5.26 Å². The number of hydrogen-bond donors (Lipinski definition) is 0. The van der Waals surface area contributed by atoms with Gasteiger partial charge in [0, 0.05) is 31.7 Å². The van der Waals surface area contributed by atoms with Gasteiger partial charge < -0.3 is 14.5 Å². The minimum Gasteiger partial charge on any atom is -0.444 e. The summed E-state index contributed by atoms with van der Waals surface area (Å²) in [7, 11) is 1.77. The number of piperidine rings is 1. The lowest BCUT2D eigenvalue weighted by Gasteiger charge is -2.38. The number of anilines is 1. The van der Waals surface area contributed by atoms with E-state index in [1.54, 1.807) is 42.3 Å². The molecule has 2 aromatic rings. The lowest BCUT2D eigenvalue weighted by molar-refractivity contribution is 0.0201. The van der Waals surface area contributed by atoms with E-state index in [2.05, 4.69) is 11.0 Å². The van der Waals surface area contributed by atoms with Gasteiger partial charge in [-0.25, -0.2) is 9.18 Å². The van der Waals surface area contributed by atoms with Crippen molar-refractivity contribution in [3.05, 3.63) is 53.8 Å². The summed E-state index contributed by atoms with van der Waals surface area (Å²) in [6.45, 7) is 6.97. The van der Waals surface area contributed by atoms with Gasteiger partial charge in [-0.05, 0) is 57.4 Å². The smallest absolute Gasteiger partial charge is 0.410 e. The van der Waals surface area contributed by atoms with Crippen LogP contribution in [-0.2, 0) is 4.74 Å². The number of benzene rings is 2. The Kier molecular flexibility index (Phi) is 6.31. The van der Waals surface area contributed by atoms with Crippen LogP contribution >= 0.6 is 0 Å². The molecular formula is C24H28FN3O2. The second-order valence-electron chi connectivity index (χ2n) is 8.63. The van der Waals surface area contributed by atoms with Crippen molar-refractivity contribution >= 4 is 11.8 Å². The van der Waals surface area contributed by atoms with Crippen molar-refractivity contribution < 1.29 is 13.9 Å². The van der Waals surface area contributed by atoms with Crippen molar-refractivity contribution in [2.45, 2.75) is 45.3 Å². The third-order valence-electron chi connectivity index (χ3n) is 5.34. The Bertz CT molecular complexity index is 954. The van der Waals surface area contributed by atoms with Crippen LogP contribution in [0.3, 0.4) is 0 Å². The number of nitriles is 1. The highest BCUT2D eigenvalue weighted by atomic mass is 19.1. The largest absolute Gasteiger partial charge is 0.444 e. The number of ether oxygens (including phenoxy) is 1. The summed E-state index contributed by atoms with van der Waals surface area (Å²) in [5, 5.41) is 9.57. The number of nitrogens with zero attached hydrogens (tertiary/aromatic N) is 3. The highest BCUT2D eigenvalue weighted by molar-refractivity contribution is 5.73. The summed E-state index contributed by atoms with van der Waals surface area (Å²) in [6.07, 6.45) is 1.22. The van der Waals surface area contributed by atoms with Gasteiger partial charge in [0.2, 0.25) is 0 Å². The number of amides is 1. The average molecular weight is 410 g/mol. The number of carbonyl (C=O) groups excluding carboxylic acids is 1. The minimum absolute atomic E-state index is 0.0800. The Labute approximate surface area is 177 Å². The highest BCUT2D eigenvalue weighted by Gasteiger charge is 2.29. The Hall–Kier alpha value is -3.07. The first-order valence-electron chi connectivity index (χ1n) is 10.2. The predicted molar refractivity (Wildman–Crippen MR) is 116 cm³/mol. The van der Waals surface area contributed by atoms with Crippen LogP contribution in [-0.4, -0.2) is 42.8 Å². The fourth-order valence-corrected chi connectivity index (χ4v) is 3.73. The molecule has 0 saturated carbocycles. The van der Waals surface area contributed by atoms with Gasteiger partial charge in [-0.1, -0.05) is 24.3 Å². The van der Waals surface area contributed by atoms with E-state index in [-0.39, 0.29) is 18.0 Å². The van der Waals surface area contributed by atoms with E-state index in [1.165, 1.54) is 6.07 Å². The van der Waals surface area contributed by atoms with Gasteiger partial charge >= 0.3 is 6.09 Å². The van der Waals surface area contributed by atoms with Crippen molar-refractivity contribution in [2.75, 3.05) is 25.0 Å². The molecule has 0 unspecified atom stereocenters. The molecule has 158 valence electrons. The van der Waals surface area contributed by atoms with Crippen molar-refractivity contribution in [3.8, 4) is 17.2 Å². The number of halogens is 1. The summed E-state index contributed by atoms with van der Waals surface area (Å²) >= 11 is 0. The van der Waals surface area contributed by atoms with E-state index >= 15 is 0 Å². The number of carbonyl (C=O) groups is 1. The molecule has 0 spiro atoms. The molecule has 1 amide bonds. The predicted octanol–water partition coefficient (Wildman–Crippen LogP) is 5.20. The number of rotatable bonds is 3. The topological polar surface area (TPSA) is 56.6 Å². The van der Waals surface area contributed by atoms with Crippen LogP contribution in [0.15, 0.2) is 42.5 Å². The first-order chi connectivity index (χ1) is 14.2. The quantitative estimate of drug-likeness (QED) is 0.699. The zero-order valence-corrected chi connectivity index (χ0v) is 18.0. The van der Waals surface area contributed by atoms with E-state index < -0.39 is 5.60 Å². The Morgan fingerprint density at radius 1 is 1.20 bits per heavy atom. The summed E-state index contributed by atoms with van der Waals surface area (Å²) < 4.78 is 19.7. The molecule has 1 heterocycles. The monoisotopic (exact) mass is 409 g/mol. The third-order valence-corrected chi connectivity index (χ3v) is 5.34. The normalized spacial score (nSPS) is 14.9. The van der Waals surface area contributed by atoms with E-state index in [9.17, 15) is 14.4 Å². The Morgan fingerprint density at radius 3 is 2.47 bits per heavy atom. The minimum atomic E-state index is -0.527. The number of hydrogen-bond acceptors (Lipinski definition) is 4. The average Bonchev–Trinajstić information content (AvgIpc) is 2.72. The molecule has 0 aliphatic carbocycles. The molecule has 1 aliphatic heterocycles. The molecule has 30 heavy (non-hydrogen) atoms. The van der Waals surface area contributed by atoms with Crippen LogP contribution in [0.4, 0.5) is 14.9 Å². The first-order valence-corrected chi connectivity index (χ1v) is 10.2. The fraction of sp³-hybridized carbons (Fsp3) is 0.417. The molecule has 0 bridgehead atoms. The molecule has 1 fully saturated rings. The van der Waals surface area contributed by atoms with Crippen molar-refractivity contribution in [1.82, 2.24) is 4.90 Å². The van der Waals surface area contributed by atoms with Crippen LogP contribution in [0.1, 0.15) is 39.2 Å². The van der Waals surface area contributed by atoms with E-state index in [4.69, 9.17) is 4.74 Å². The fourth-order valence-electron chi connectivity index (χ4n) is 3.73. The zero-order chi connectivity index (χ0) is 21.9. The highest BCUT2D eigenvalue weighted by Crippen LogP contribution is 2.31. The van der Waals surface area contributed by atoms with Gasteiger partial charge in [0.15, 0.2) is 0 Å². The molecule has 1 saturated heterocycles. The second kappa shape index (κ2) is 8.74. The van der Waals surface area contributed by atoms with Gasteiger partial charge in [-0.3, -0.25) is 0 Å². The van der Waals surface area contributed by atoms with Gasteiger partial charge in [-0.15, -0.1) is 0 Å². The Balaban J connectivity index is 1.75. The van der Waals surface area contributed by atoms with E-state index in [1.807, 2.05) is 26.8 Å². The summed E-state index contributed by atoms with van der Waals surface area (Å²) in [5.74, 6) is -0.286. The SMILES string of the molecule is CN(C(=O)OC(C)(C)C)C1CCN(c2cc(-c3ccccc3F)ccc2C#N)CC1. The third kappa shape index (κ3) is 4.91. The standard InChI is InChI=1S/C24H28FN3O2/c1-24(2,3)30-23(29)27(4)19-11-13-28(14-12-19)22-15-17(9-10-18(22)16-26)20-7-5-6-8-21(20)25/h5-10,15,19H,11-14H2,1-4H3. The van der Waals surface area contributed by atoms with Gasteiger partial charge in [0.25, 0.3) is 0 Å².